The second kappa shape index (κ2) is 3.42. The van der Waals surface area contributed by atoms with Crippen LogP contribution >= 0.6 is 0 Å². The number of aromatic nitrogens is 1. The molecule has 0 saturated carbocycles. The fraction of sp³-hybridized carbons (Fsp3) is 0. The smallest absolute Gasteiger partial charge is 0.188 e. The van der Waals surface area contributed by atoms with Gasteiger partial charge in [-0.2, -0.15) is 0 Å². The van der Waals surface area contributed by atoms with Gasteiger partial charge in [0.15, 0.2) is 5.43 Å². The van der Waals surface area contributed by atoms with Crippen molar-refractivity contribution in [2.45, 2.75) is 0 Å². The van der Waals surface area contributed by atoms with Gasteiger partial charge in [0.2, 0.25) is 0 Å². The molecule has 76 valence electrons. The maximum absolute atomic E-state index is 11.9. The standard InChI is InChI=1S/C14H9NO/c16-13-9-5-4-8-12-14(13)10-6-2-1-3-7-11(10)15-12/h1-9H. The van der Waals surface area contributed by atoms with Crippen LogP contribution in [0.1, 0.15) is 0 Å². The van der Waals surface area contributed by atoms with E-state index >= 15 is 0 Å². The molecule has 1 aliphatic carbocycles. The van der Waals surface area contributed by atoms with Crippen LogP contribution in [0.5, 0.6) is 0 Å². The molecule has 2 nitrogen and oxygen atoms in total. The zero-order valence-electron chi connectivity index (χ0n) is 8.55. The summed E-state index contributed by atoms with van der Waals surface area (Å²) in [4.78, 5) is 16.4. The summed E-state index contributed by atoms with van der Waals surface area (Å²) in [6.45, 7) is 0. The molecule has 0 amide bonds. The molecule has 0 N–H and O–H groups in total. The first-order valence-electron chi connectivity index (χ1n) is 5.14. The van der Waals surface area contributed by atoms with Gasteiger partial charge in [0.05, 0.1) is 16.6 Å². The van der Waals surface area contributed by atoms with Gasteiger partial charge in [-0.25, -0.2) is 4.98 Å². The van der Waals surface area contributed by atoms with Gasteiger partial charge in [-0.1, -0.05) is 36.4 Å². The molecule has 0 atom stereocenters. The summed E-state index contributed by atoms with van der Waals surface area (Å²) in [7, 11) is 0. The minimum atomic E-state index is 0.0219. The first kappa shape index (κ1) is 9.04. The molecule has 0 unspecified atom stereocenters. The van der Waals surface area contributed by atoms with Gasteiger partial charge in [-0.15, -0.1) is 0 Å². The van der Waals surface area contributed by atoms with Gasteiger partial charge >= 0.3 is 0 Å². The molecule has 1 aromatic carbocycles. The van der Waals surface area contributed by atoms with Crippen LogP contribution in [0.25, 0.3) is 22.2 Å². The van der Waals surface area contributed by atoms with Crippen LogP contribution in [0, 0.1) is 0 Å². The lowest BCUT2D eigenvalue weighted by molar-refractivity contribution is 1.47. The predicted octanol–water partition coefficient (Wildman–Crippen LogP) is 2.70. The molecule has 1 aliphatic heterocycles. The second-order valence-electron chi connectivity index (χ2n) is 3.66. The number of nitrogens with zero attached hydrogens (tertiary/aromatic N) is 1. The van der Waals surface area contributed by atoms with Crippen LogP contribution < -0.4 is 5.43 Å². The Labute approximate surface area is 92.5 Å². The molecule has 0 spiro atoms. The number of hydrogen-bond donors (Lipinski definition) is 0. The Morgan fingerprint density at radius 3 is 2.50 bits per heavy atom. The van der Waals surface area contributed by atoms with Gasteiger partial charge < -0.3 is 0 Å². The van der Waals surface area contributed by atoms with Crippen molar-refractivity contribution in [3.05, 3.63) is 64.8 Å². The van der Waals surface area contributed by atoms with E-state index in [1.54, 1.807) is 12.1 Å². The summed E-state index contributed by atoms with van der Waals surface area (Å²) in [6, 6.07) is 16.7. The van der Waals surface area contributed by atoms with E-state index in [1.165, 1.54) is 0 Å². The third-order valence-corrected chi connectivity index (χ3v) is 2.64. The lowest BCUT2D eigenvalue weighted by atomic mass is 10.1. The van der Waals surface area contributed by atoms with Crippen LogP contribution in [0.15, 0.2) is 59.4 Å². The largest absolute Gasteiger partial charge is 0.289 e. The number of rotatable bonds is 0. The highest BCUT2D eigenvalue weighted by molar-refractivity contribution is 5.96. The molecule has 0 saturated heterocycles. The van der Waals surface area contributed by atoms with E-state index in [9.17, 15) is 4.79 Å². The number of fused-ring (bicyclic) bond motifs is 3. The van der Waals surface area contributed by atoms with Gasteiger partial charge in [0.1, 0.15) is 0 Å². The van der Waals surface area contributed by atoms with Crippen LogP contribution in [0.4, 0.5) is 0 Å². The summed E-state index contributed by atoms with van der Waals surface area (Å²) >= 11 is 0. The Hall–Kier alpha value is -2.22. The molecule has 0 aromatic heterocycles. The Morgan fingerprint density at radius 1 is 0.812 bits per heavy atom. The highest BCUT2D eigenvalue weighted by Crippen LogP contribution is 2.26. The highest BCUT2D eigenvalue weighted by atomic mass is 16.1. The van der Waals surface area contributed by atoms with E-state index in [4.69, 9.17) is 0 Å². The average molecular weight is 207 g/mol. The minimum Gasteiger partial charge on any atom is -0.289 e. The quantitative estimate of drug-likeness (QED) is 0.567. The van der Waals surface area contributed by atoms with E-state index in [0.29, 0.717) is 5.39 Å². The third-order valence-electron chi connectivity index (χ3n) is 2.64. The average Bonchev–Trinajstić information content (AvgIpc) is 2.45. The zero-order chi connectivity index (χ0) is 11.0. The Morgan fingerprint density at radius 2 is 1.56 bits per heavy atom. The molecule has 2 heteroatoms. The molecule has 0 radical (unpaired) electrons. The topological polar surface area (TPSA) is 30.0 Å². The van der Waals surface area contributed by atoms with Crippen LogP contribution in [0.3, 0.4) is 0 Å². The zero-order valence-corrected chi connectivity index (χ0v) is 8.55. The fourth-order valence-electron chi connectivity index (χ4n) is 1.92. The van der Waals surface area contributed by atoms with Crippen LogP contribution in [-0.2, 0) is 0 Å². The SMILES string of the molecule is O=c1ccccc2nc3cccccc-3c12. The van der Waals surface area contributed by atoms with Gasteiger partial charge in [-0.05, 0) is 18.2 Å². The molecule has 3 rings (SSSR count). The van der Waals surface area contributed by atoms with Crippen molar-refractivity contribution in [1.82, 2.24) is 4.98 Å². The van der Waals surface area contributed by atoms with Crippen molar-refractivity contribution in [3.63, 3.8) is 0 Å². The molecule has 16 heavy (non-hydrogen) atoms. The Balaban J connectivity index is 2.62. The molecular weight excluding hydrogens is 198 g/mol. The summed E-state index contributed by atoms with van der Waals surface area (Å²) in [5.74, 6) is 0. The Kier molecular flexibility index (Phi) is 1.93. The summed E-state index contributed by atoms with van der Waals surface area (Å²) in [6.07, 6.45) is 0. The fourth-order valence-corrected chi connectivity index (χ4v) is 1.92. The van der Waals surface area contributed by atoms with Crippen molar-refractivity contribution in [2.24, 2.45) is 0 Å². The van der Waals surface area contributed by atoms with Gasteiger partial charge in [0, 0.05) is 5.56 Å². The molecule has 1 heterocycles. The maximum atomic E-state index is 11.9. The van der Waals surface area contributed by atoms with Crippen LogP contribution in [-0.4, -0.2) is 4.98 Å². The third kappa shape index (κ3) is 1.27. The van der Waals surface area contributed by atoms with Crippen molar-refractivity contribution < 1.29 is 0 Å². The van der Waals surface area contributed by atoms with Crippen LogP contribution in [0.2, 0.25) is 0 Å². The van der Waals surface area contributed by atoms with E-state index in [1.807, 2.05) is 42.5 Å². The van der Waals surface area contributed by atoms with Crippen molar-refractivity contribution in [2.75, 3.05) is 0 Å². The highest BCUT2D eigenvalue weighted by Gasteiger charge is 2.10. The lowest BCUT2D eigenvalue weighted by Crippen LogP contribution is -1.93. The molecule has 0 fully saturated rings. The van der Waals surface area contributed by atoms with E-state index < -0.39 is 0 Å². The van der Waals surface area contributed by atoms with Crippen molar-refractivity contribution in [1.29, 1.82) is 0 Å². The molecular formula is C14H9NO. The van der Waals surface area contributed by atoms with Gasteiger partial charge in [-0.3, -0.25) is 4.79 Å². The summed E-state index contributed by atoms with van der Waals surface area (Å²) in [5, 5.41) is 0.705. The second-order valence-corrected chi connectivity index (χ2v) is 3.66. The maximum Gasteiger partial charge on any atom is 0.188 e. The predicted molar refractivity (Wildman–Crippen MR) is 64.6 cm³/mol. The monoisotopic (exact) mass is 207 g/mol. The van der Waals surface area contributed by atoms with Gasteiger partial charge in [0.25, 0.3) is 0 Å². The van der Waals surface area contributed by atoms with Crippen molar-refractivity contribution >= 4 is 10.9 Å². The molecule has 1 aromatic rings. The van der Waals surface area contributed by atoms with E-state index in [0.717, 1.165) is 16.8 Å². The Bertz CT molecular complexity index is 691. The summed E-state index contributed by atoms with van der Waals surface area (Å²) in [5.41, 5.74) is 2.56. The normalized spacial score (nSPS) is 10.8. The number of hydrogen-bond acceptors (Lipinski definition) is 2. The lowest BCUT2D eigenvalue weighted by Gasteiger charge is -1.87. The first-order valence-corrected chi connectivity index (χ1v) is 5.14. The minimum absolute atomic E-state index is 0.0219. The van der Waals surface area contributed by atoms with Crippen molar-refractivity contribution in [3.8, 4) is 11.3 Å². The van der Waals surface area contributed by atoms with E-state index in [2.05, 4.69) is 4.98 Å². The molecule has 2 aliphatic rings. The van der Waals surface area contributed by atoms with E-state index in [-0.39, 0.29) is 5.43 Å². The summed E-state index contributed by atoms with van der Waals surface area (Å²) < 4.78 is 0. The first-order chi connectivity index (χ1) is 7.86. The molecule has 0 bridgehead atoms.